The van der Waals surface area contributed by atoms with Crippen LogP contribution < -0.4 is 5.73 Å². The summed E-state index contributed by atoms with van der Waals surface area (Å²) in [5.41, 5.74) is 5.49. The van der Waals surface area contributed by atoms with E-state index in [0.29, 0.717) is 5.95 Å². The SMILES string of the molecule is C=C(Br)CSc1nnc(N)n1C. The van der Waals surface area contributed by atoms with E-state index in [1.165, 1.54) is 11.8 Å². The van der Waals surface area contributed by atoms with Gasteiger partial charge in [-0.1, -0.05) is 34.3 Å². The molecule has 1 aromatic rings. The van der Waals surface area contributed by atoms with E-state index >= 15 is 0 Å². The molecule has 0 radical (unpaired) electrons. The summed E-state index contributed by atoms with van der Waals surface area (Å²) < 4.78 is 2.66. The predicted molar refractivity (Wildman–Crippen MR) is 54.2 cm³/mol. The molecule has 0 saturated carbocycles. The molecule has 0 fully saturated rings. The molecule has 0 aliphatic carbocycles. The Hall–Kier alpha value is -0.490. The third-order valence-corrected chi connectivity index (χ3v) is 2.98. The average molecular weight is 249 g/mol. The van der Waals surface area contributed by atoms with Crippen molar-refractivity contribution in [3.8, 4) is 0 Å². The number of halogens is 1. The molecule has 4 nitrogen and oxygen atoms in total. The fraction of sp³-hybridized carbons (Fsp3) is 0.333. The van der Waals surface area contributed by atoms with E-state index in [2.05, 4.69) is 32.7 Å². The van der Waals surface area contributed by atoms with E-state index in [4.69, 9.17) is 5.73 Å². The van der Waals surface area contributed by atoms with Crippen LogP contribution in [0.5, 0.6) is 0 Å². The van der Waals surface area contributed by atoms with Crippen molar-refractivity contribution in [3.63, 3.8) is 0 Å². The van der Waals surface area contributed by atoms with Crippen LogP contribution in [0.4, 0.5) is 5.95 Å². The Morgan fingerprint density at radius 2 is 2.42 bits per heavy atom. The summed E-state index contributed by atoms with van der Waals surface area (Å²) in [5, 5.41) is 8.39. The van der Waals surface area contributed by atoms with Gasteiger partial charge in [0.25, 0.3) is 0 Å². The van der Waals surface area contributed by atoms with Crippen molar-refractivity contribution in [1.29, 1.82) is 0 Å². The molecular weight excluding hydrogens is 240 g/mol. The third kappa shape index (κ3) is 2.25. The summed E-state index contributed by atoms with van der Waals surface area (Å²) in [7, 11) is 1.83. The van der Waals surface area contributed by atoms with Crippen molar-refractivity contribution >= 4 is 33.6 Å². The number of nitrogen functional groups attached to an aromatic ring is 1. The van der Waals surface area contributed by atoms with E-state index in [0.717, 1.165) is 15.4 Å². The predicted octanol–water partition coefficient (Wildman–Crippen LogP) is 1.40. The Morgan fingerprint density at radius 1 is 1.75 bits per heavy atom. The van der Waals surface area contributed by atoms with Crippen LogP contribution in [0.15, 0.2) is 16.2 Å². The summed E-state index contributed by atoms with van der Waals surface area (Å²) >= 11 is 4.80. The van der Waals surface area contributed by atoms with Crippen molar-refractivity contribution < 1.29 is 0 Å². The molecule has 0 saturated heterocycles. The van der Waals surface area contributed by atoms with Gasteiger partial charge in [0, 0.05) is 12.8 Å². The summed E-state index contributed by atoms with van der Waals surface area (Å²) in [6.45, 7) is 3.71. The highest BCUT2D eigenvalue weighted by molar-refractivity contribution is 9.11. The van der Waals surface area contributed by atoms with E-state index in [1.807, 2.05) is 7.05 Å². The lowest BCUT2D eigenvalue weighted by Crippen LogP contribution is -1.98. The Morgan fingerprint density at radius 3 is 2.83 bits per heavy atom. The van der Waals surface area contributed by atoms with E-state index in [1.54, 1.807) is 4.57 Å². The van der Waals surface area contributed by atoms with Gasteiger partial charge in [-0.2, -0.15) is 0 Å². The smallest absolute Gasteiger partial charge is 0.222 e. The van der Waals surface area contributed by atoms with Crippen LogP contribution in [-0.2, 0) is 7.05 Å². The lowest BCUT2D eigenvalue weighted by atomic mass is 10.8. The monoisotopic (exact) mass is 248 g/mol. The first-order valence-corrected chi connectivity index (χ1v) is 5.00. The average Bonchev–Trinajstić information content (AvgIpc) is 2.30. The molecule has 0 bridgehead atoms. The minimum atomic E-state index is 0.428. The van der Waals surface area contributed by atoms with Gasteiger partial charge in [0.05, 0.1) is 0 Å². The Kier molecular flexibility index (Phi) is 3.16. The molecule has 2 N–H and O–H groups in total. The number of thioether (sulfide) groups is 1. The molecule has 0 atom stereocenters. The maximum atomic E-state index is 5.49. The summed E-state index contributed by atoms with van der Waals surface area (Å²) in [5.74, 6) is 1.20. The normalized spacial score (nSPS) is 10.2. The Balaban J connectivity index is 2.63. The molecule has 0 aliphatic rings. The number of hydrogen-bond donors (Lipinski definition) is 1. The van der Waals surface area contributed by atoms with Gasteiger partial charge >= 0.3 is 0 Å². The second-order valence-corrected chi connectivity index (χ2v) is 4.27. The molecule has 6 heteroatoms. The molecular formula is C6H9BrN4S. The summed E-state index contributed by atoms with van der Waals surface area (Å²) in [6.07, 6.45) is 0. The molecule has 1 rings (SSSR count). The van der Waals surface area contributed by atoms with Gasteiger partial charge < -0.3 is 5.73 Å². The number of nitrogens with zero attached hydrogens (tertiary/aromatic N) is 3. The first-order valence-electron chi connectivity index (χ1n) is 3.22. The molecule has 0 amide bonds. The number of hydrogen-bond acceptors (Lipinski definition) is 4. The van der Waals surface area contributed by atoms with Crippen molar-refractivity contribution in [2.75, 3.05) is 11.5 Å². The van der Waals surface area contributed by atoms with Crippen molar-refractivity contribution in [2.45, 2.75) is 5.16 Å². The largest absolute Gasteiger partial charge is 0.368 e. The first kappa shape index (κ1) is 9.60. The Labute approximate surface area is 83.4 Å². The van der Waals surface area contributed by atoms with E-state index in [-0.39, 0.29) is 0 Å². The number of aromatic nitrogens is 3. The third-order valence-electron chi connectivity index (χ3n) is 1.23. The van der Waals surface area contributed by atoms with Crippen LogP contribution in [0.3, 0.4) is 0 Å². The fourth-order valence-electron chi connectivity index (χ4n) is 0.595. The second kappa shape index (κ2) is 3.95. The first-order chi connectivity index (χ1) is 5.61. The highest BCUT2D eigenvalue weighted by atomic mass is 79.9. The van der Waals surface area contributed by atoms with Crippen LogP contribution in [0.25, 0.3) is 0 Å². The van der Waals surface area contributed by atoms with E-state index in [9.17, 15) is 0 Å². The highest BCUT2D eigenvalue weighted by Gasteiger charge is 2.05. The second-order valence-electron chi connectivity index (χ2n) is 2.21. The lowest BCUT2D eigenvalue weighted by molar-refractivity contribution is 0.797. The summed E-state index contributed by atoms with van der Waals surface area (Å²) in [6, 6.07) is 0. The van der Waals surface area contributed by atoms with E-state index < -0.39 is 0 Å². The standard InChI is InChI=1S/C6H9BrN4S/c1-4(7)3-12-6-10-9-5(8)11(6)2/h1,3H2,2H3,(H2,8,9). The van der Waals surface area contributed by atoms with Crippen LogP contribution in [0.2, 0.25) is 0 Å². The van der Waals surface area contributed by atoms with Crippen LogP contribution in [0.1, 0.15) is 0 Å². The number of nitrogens with two attached hydrogens (primary N) is 1. The quantitative estimate of drug-likeness (QED) is 0.822. The Bertz CT molecular complexity index is 296. The topological polar surface area (TPSA) is 56.7 Å². The zero-order valence-electron chi connectivity index (χ0n) is 6.62. The van der Waals surface area contributed by atoms with Crippen LogP contribution in [-0.4, -0.2) is 20.5 Å². The van der Waals surface area contributed by atoms with Gasteiger partial charge in [-0.05, 0) is 4.48 Å². The zero-order valence-corrected chi connectivity index (χ0v) is 9.02. The molecule has 1 aromatic heterocycles. The van der Waals surface area contributed by atoms with Crippen molar-refractivity contribution in [2.24, 2.45) is 7.05 Å². The van der Waals surface area contributed by atoms with Gasteiger partial charge in [-0.3, -0.25) is 4.57 Å². The fourth-order valence-corrected chi connectivity index (χ4v) is 1.61. The van der Waals surface area contributed by atoms with Crippen LogP contribution in [0, 0.1) is 0 Å². The van der Waals surface area contributed by atoms with Gasteiger partial charge in [0.2, 0.25) is 5.95 Å². The molecule has 66 valence electrons. The molecule has 1 heterocycles. The van der Waals surface area contributed by atoms with Gasteiger partial charge in [0.1, 0.15) is 0 Å². The van der Waals surface area contributed by atoms with Crippen molar-refractivity contribution in [1.82, 2.24) is 14.8 Å². The maximum Gasteiger partial charge on any atom is 0.222 e. The molecule has 0 aromatic carbocycles. The molecule has 0 unspecified atom stereocenters. The van der Waals surface area contributed by atoms with Gasteiger partial charge in [0.15, 0.2) is 5.16 Å². The minimum Gasteiger partial charge on any atom is -0.368 e. The molecule has 0 aliphatic heterocycles. The lowest BCUT2D eigenvalue weighted by Gasteiger charge is -1.98. The molecule has 12 heavy (non-hydrogen) atoms. The number of rotatable bonds is 3. The molecule has 0 spiro atoms. The van der Waals surface area contributed by atoms with Crippen LogP contribution >= 0.6 is 27.7 Å². The van der Waals surface area contributed by atoms with Gasteiger partial charge in [-0.15, -0.1) is 10.2 Å². The highest BCUT2D eigenvalue weighted by Crippen LogP contribution is 2.20. The maximum absolute atomic E-state index is 5.49. The summed E-state index contributed by atoms with van der Waals surface area (Å²) in [4.78, 5) is 0. The van der Waals surface area contributed by atoms with Crippen molar-refractivity contribution in [3.05, 3.63) is 11.1 Å². The number of anilines is 1. The zero-order chi connectivity index (χ0) is 9.14. The minimum absolute atomic E-state index is 0.428. The van der Waals surface area contributed by atoms with Gasteiger partial charge in [-0.25, -0.2) is 0 Å².